The molecule has 0 aliphatic carbocycles. The number of carbonyl (C=O) groups is 2. The molecule has 0 atom stereocenters. The molecule has 3 N–H and O–H groups in total. The summed E-state index contributed by atoms with van der Waals surface area (Å²) in [4.78, 5) is 32.7. The van der Waals surface area contributed by atoms with E-state index < -0.39 is 5.91 Å². The first-order valence-corrected chi connectivity index (χ1v) is 9.23. The standard InChI is InChI=1S/C23H18N4O3/c24-22(28)14-30-17-9-7-16(8-10-17)26-23(29)19-12-21(15-4-3-11-25-13-15)27-20-6-2-1-5-18(19)20/h1-13H,14H2,(H2,24,28)(H,26,29). The molecule has 30 heavy (non-hydrogen) atoms. The van der Waals surface area contributed by atoms with Gasteiger partial charge in [0.15, 0.2) is 6.61 Å². The zero-order chi connectivity index (χ0) is 20.9. The highest BCUT2D eigenvalue weighted by molar-refractivity contribution is 6.13. The van der Waals surface area contributed by atoms with Gasteiger partial charge < -0.3 is 15.8 Å². The molecule has 2 amide bonds. The van der Waals surface area contributed by atoms with Crippen molar-refractivity contribution in [3.8, 4) is 17.0 Å². The van der Waals surface area contributed by atoms with E-state index in [1.807, 2.05) is 36.4 Å². The summed E-state index contributed by atoms with van der Waals surface area (Å²) in [7, 11) is 0. The van der Waals surface area contributed by atoms with E-state index in [-0.39, 0.29) is 12.5 Å². The van der Waals surface area contributed by atoms with Crippen LogP contribution in [0.4, 0.5) is 5.69 Å². The maximum absolute atomic E-state index is 13.1. The minimum atomic E-state index is -0.554. The molecule has 0 radical (unpaired) electrons. The number of ether oxygens (including phenoxy) is 1. The van der Waals surface area contributed by atoms with E-state index in [2.05, 4.69) is 15.3 Å². The summed E-state index contributed by atoms with van der Waals surface area (Å²) in [6, 6.07) is 19.7. The van der Waals surface area contributed by atoms with E-state index in [0.717, 1.165) is 16.5 Å². The van der Waals surface area contributed by atoms with Crippen LogP contribution in [0.5, 0.6) is 5.75 Å². The summed E-state index contributed by atoms with van der Waals surface area (Å²) < 4.78 is 5.23. The van der Waals surface area contributed by atoms with Crippen molar-refractivity contribution >= 4 is 28.4 Å². The molecule has 0 aliphatic heterocycles. The summed E-state index contributed by atoms with van der Waals surface area (Å²) in [5, 5.41) is 3.65. The Morgan fingerprint density at radius 3 is 2.53 bits per heavy atom. The van der Waals surface area contributed by atoms with Crippen LogP contribution in [-0.2, 0) is 4.79 Å². The number of para-hydroxylation sites is 1. The van der Waals surface area contributed by atoms with Gasteiger partial charge in [-0.2, -0.15) is 0 Å². The van der Waals surface area contributed by atoms with Gasteiger partial charge in [0.05, 0.1) is 16.8 Å². The second-order valence-electron chi connectivity index (χ2n) is 6.55. The van der Waals surface area contributed by atoms with Crippen LogP contribution in [0.1, 0.15) is 10.4 Å². The maximum Gasteiger partial charge on any atom is 0.256 e. The summed E-state index contributed by atoms with van der Waals surface area (Å²) >= 11 is 0. The van der Waals surface area contributed by atoms with Gasteiger partial charge in [0, 0.05) is 29.0 Å². The Labute approximate surface area is 172 Å². The molecule has 0 unspecified atom stereocenters. The Bertz CT molecular complexity index is 1210. The highest BCUT2D eigenvalue weighted by atomic mass is 16.5. The lowest BCUT2D eigenvalue weighted by Crippen LogP contribution is -2.20. The third-order valence-electron chi connectivity index (χ3n) is 4.41. The molecule has 4 aromatic rings. The first kappa shape index (κ1) is 19.1. The van der Waals surface area contributed by atoms with Gasteiger partial charge in [-0.3, -0.25) is 14.6 Å². The van der Waals surface area contributed by atoms with Crippen LogP contribution in [0.3, 0.4) is 0 Å². The van der Waals surface area contributed by atoms with E-state index in [1.165, 1.54) is 0 Å². The lowest BCUT2D eigenvalue weighted by Gasteiger charge is -2.11. The molecule has 4 rings (SSSR count). The van der Waals surface area contributed by atoms with Gasteiger partial charge in [0.1, 0.15) is 5.75 Å². The number of carbonyl (C=O) groups excluding carboxylic acids is 2. The smallest absolute Gasteiger partial charge is 0.256 e. The van der Waals surface area contributed by atoms with Crippen LogP contribution in [0.15, 0.2) is 79.1 Å². The fourth-order valence-corrected chi connectivity index (χ4v) is 3.01. The number of benzene rings is 2. The van der Waals surface area contributed by atoms with E-state index in [0.29, 0.717) is 22.7 Å². The molecule has 2 heterocycles. The number of nitrogens with two attached hydrogens (primary N) is 1. The van der Waals surface area contributed by atoms with Gasteiger partial charge in [-0.25, -0.2) is 4.98 Å². The number of hydrogen-bond donors (Lipinski definition) is 2. The van der Waals surface area contributed by atoms with E-state index in [1.54, 1.807) is 42.7 Å². The zero-order valence-electron chi connectivity index (χ0n) is 15.9. The molecule has 7 nitrogen and oxygen atoms in total. The molecule has 2 aromatic heterocycles. The number of hydrogen-bond acceptors (Lipinski definition) is 5. The van der Waals surface area contributed by atoms with Crippen LogP contribution in [0.25, 0.3) is 22.2 Å². The number of nitrogens with one attached hydrogen (secondary N) is 1. The van der Waals surface area contributed by atoms with Crippen LogP contribution < -0.4 is 15.8 Å². The summed E-state index contributed by atoms with van der Waals surface area (Å²) in [5.41, 5.74) is 8.39. The average Bonchev–Trinajstić information content (AvgIpc) is 2.78. The van der Waals surface area contributed by atoms with E-state index >= 15 is 0 Å². The molecule has 148 valence electrons. The fraction of sp³-hybridized carbons (Fsp3) is 0.0435. The Kier molecular flexibility index (Phi) is 5.34. The van der Waals surface area contributed by atoms with E-state index in [9.17, 15) is 9.59 Å². The van der Waals surface area contributed by atoms with Crippen molar-refractivity contribution in [2.24, 2.45) is 5.73 Å². The Hall–Kier alpha value is -4.26. The minimum absolute atomic E-state index is 0.203. The second-order valence-corrected chi connectivity index (χ2v) is 6.55. The van der Waals surface area contributed by atoms with Crippen LogP contribution in [0, 0.1) is 0 Å². The molecule has 0 saturated heterocycles. The monoisotopic (exact) mass is 398 g/mol. The quantitative estimate of drug-likeness (QED) is 0.518. The zero-order valence-corrected chi connectivity index (χ0v) is 15.9. The van der Waals surface area contributed by atoms with Crippen LogP contribution >= 0.6 is 0 Å². The molecule has 0 saturated carbocycles. The molecule has 0 aliphatic rings. The molecule has 0 spiro atoms. The number of aromatic nitrogens is 2. The van der Waals surface area contributed by atoms with Gasteiger partial charge in [-0.05, 0) is 48.5 Å². The van der Waals surface area contributed by atoms with Crippen molar-refractivity contribution in [1.82, 2.24) is 9.97 Å². The first-order valence-electron chi connectivity index (χ1n) is 9.23. The Morgan fingerprint density at radius 2 is 1.80 bits per heavy atom. The van der Waals surface area contributed by atoms with E-state index in [4.69, 9.17) is 10.5 Å². The third-order valence-corrected chi connectivity index (χ3v) is 4.41. The second kappa shape index (κ2) is 8.40. The minimum Gasteiger partial charge on any atom is -0.484 e. The predicted octanol–water partition coefficient (Wildman–Crippen LogP) is 3.41. The number of fused-ring (bicyclic) bond motifs is 1. The molecular weight excluding hydrogens is 380 g/mol. The highest BCUT2D eigenvalue weighted by Gasteiger charge is 2.14. The van der Waals surface area contributed by atoms with Crippen molar-refractivity contribution in [1.29, 1.82) is 0 Å². The summed E-state index contributed by atoms with van der Waals surface area (Å²) in [6.07, 6.45) is 3.40. The number of primary amides is 1. The average molecular weight is 398 g/mol. The molecule has 0 bridgehead atoms. The third kappa shape index (κ3) is 4.25. The number of rotatable bonds is 6. The van der Waals surface area contributed by atoms with Gasteiger partial charge in [-0.1, -0.05) is 18.2 Å². The highest BCUT2D eigenvalue weighted by Crippen LogP contribution is 2.25. The first-order chi connectivity index (χ1) is 14.6. The molecule has 2 aromatic carbocycles. The summed E-state index contributed by atoms with van der Waals surface area (Å²) in [5.74, 6) is -0.328. The molecule has 7 heteroatoms. The lowest BCUT2D eigenvalue weighted by atomic mass is 10.0. The number of anilines is 1. The largest absolute Gasteiger partial charge is 0.484 e. The van der Waals surface area contributed by atoms with Crippen molar-refractivity contribution < 1.29 is 14.3 Å². The predicted molar refractivity (Wildman–Crippen MR) is 114 cm³/mol. The fourth-order valence-electron chi connectivity index (χ4n) is 3.01. The Morgan fingerprint density at radius 1 is 1.00 bits per heavy atom. The molecular formula is C23H18N4O3. The SMILES string of the molecule is NC(=O)COc1ccc(NC(=O)c2cc(-c3cccnc3)nc3ccccc23)cc1. The molecule has 0 fully saturated rings. The lowest BCUT2D eigenvalue weighted by molar-refractivity contribution is -0.119. The van der Waals surface area contributed by atoms with Crippen LogP contribution in [0.2, 0.25) is 0 Å². The van der Waals surface area contributed by atoms with Crippen molar-refractivity contribution in [2.45, 2.75) is 0 Å². The van der Waals surface area contributed by atoms with Gasteiger partial charge >= 0.3 is 0 Å². The topological polar surface area (TPSA) is 107 Å². The Balaban J connectivity index is 1.63. The van der Waals surface area contributed by atoms with Crippen molar-refractivity contribution in [2.75, 3.05) is 11.9 Å². The normalized spacial score (nSPS) is 10.5. The van der Waals surface area contributed by atoms with Gasteiger partial charge in [-0.15, -0.1) is 0 Å². The van der Waals surface area contributed by atoms with Crippen molar-refractivity contribution in [3.05, 3.63) is 84.7 Å². The van der Waals surface area contributed by atoms with Gasteiger partial charge in [0.2, 0.25) is 0 Å². The summed E-state index contributed by atoms with van der Waals surface area (Å²) in [6.45, 7) is -0.203. The maximum atomic E-state index is 13.1. The van der Waals surface area contributed by atoms with Crippen molar-refractivity contribution in [3.63, 3.8) is 0 Å². The number of nitrogens with zero attached hydrogens (tertiary/aromatic N) is 2. The van der Waals surface area contributed by atoms with Crippen LogP contribution in [-0.4, -0.2) is 28.4 Å². The number of amides is 2. The van der Waals surface area contributed by atoms with Gasteiger partial charge in [0.25, 0.3) is 11.8 Å². The number of pyridine rings is 2.